The van der Waals surface area contributed by atoms with E-state index >= 15 is 0 Å². The second-order valence-corrected chi connectivity index (χ2v) is 15.2. The van der Waals surface area contributed by atoms with Gasteiger partial charge in [-0.05, 0) is 64.5 Å². The lowest BCUT2D eigenvalue weighted by Crippen LogP contribution is -2.26. The van der Waals surface area contributed by atoms with Gasteiger partial charge in [0.05, 0.1) is 27.6 Å². The molecule has 0 radical (unpaired) electrons. The highest BCUT2D eigenvalue weighted by molar-refractivity contribution is 8.25. The molecule has 0 N–H and O–H groups in total. The van der Waals surface area contributed by atoms with Crippen molar-refractivity contribution >= 4 is 93.9 Å². The second kappa shape index (κ2) is 9.27. The first-order chi connectivity index (χ1) is 21.2. The number of rotatable bonds is 3. The minimum Gasteiger partial charge on any atom is -0.292 e. The lowest BCUT2D eigenvalue weighted by atomic mass is 10.1. The summed E-state index contributed by atoms with van der Waals surface area (Å²) in [5.41, 5.74) is 6.06. The molecule has 0 bridgehead atoms. The Morgan fingerprint density at radius 2 is 1.23 bits per heavy atom. The Hall–Kier alpha value is -4.96. The largest absolute Gasteiger partial charge is 0.292 e. The molecule has 0 fully saturated rings. The maximum absolute atomic E-state index is 6.97. The number of pyridine rings is 3. The van der Waals surface area contributed by atoms with Gasteiger partial charge in [0.2, 0.25) is 0 Å². The van der Waals surface area contributed by atoms with Gasteiger partial charge < -0.3 is 0 Å². The standard InChI is InChI=1S/C37H23N4PS/c43-42(26-16-15-24-8-7-20-38-33(24)23-26,36-19-21-39-31-11-3-1-10-29(31)36)25-17-18-27-28-9-2-5-13-34(28)41-35-14-6-4-12-32(35)40-37(41)30(27)22-25/h1-23H. The number of para-hydroxylation sites is 4. The molecule has 1 atom stereocenters. The van der Waals surface area contributed by atoms with E-state index in [0.29, 0.717) is 0 Å². The molecule has 1 unspecified atom stereocenters. The smallest absolute Gasteiger partial charge is 0.146 e. The number of hydrogen-bond acceptors (Lipinski definition) is 4. The molecule has 9 rings (SSSR count). The normalized spacial score (nSPS) is 13.4. The predicted octanol–water partition coefficient (Wildman–Crippen LogP) is 7.65. The van der Waals surface area contributed by atoms with Gasteiger partial charge in [-0.2, -0.15) is 0 Å². The molecule has 0 saturated carbocycles. The lowest BCUT2D eigenvalue weighted by Gasteiger charge is -2.26. The summed E-state index contributed by atoms with van der Waals surface area (Å²) in [6.45, 7) is 0. The number of hydrogen-bond donors (Lipinski definition) is 0. The first kappa shape index (κ1) is 24.6. The third-order valence-electron chi connectivity index (χ3n) is 8.52. The van der Waals surface area contributed by atoms with E-state index in [0.717, 1.165) is 65.3 Å². The molecule has 0 aliphatic rings. The van der Waals surface area contributed by atoms with Crippen LogP contribution < -0.4 is 15.9 Å². The van der Waals surface area contributed by atoms with Crippen molar-refractivity contribution in [3.8, 4) is 0 Å². The molecule has 4 heterocycles. The maximum atomic E-state index is 6.97. The zero-order valence-corrected chi connectivity index (χ0v) is 24.6. The highest BCUT2D eigenvalue weighted by Crippen LogP contribution is 2.46. The Morgan fingerprint density at radius 3 is 2.14 bits per heavy atom. The van der Waals surface area contributed by atoms with Crippen LogP contribution in [0.15, 0.2) is 140 Å². The molecule has 0 amide bonds. The van der Waals surface area contributed by atoms with Crippen LogP contribution >= 0.6 is 6.04 Å². The first-order valence-corrected chi connectivity index (χ1v) is 17.0. The maximum Gasteiger partial charge on any atom is 0.146 e. The van der Waals surface area contributed by atoms with Crippen LogP contribution in [0.3, 0.4) is 0 Å². The molecule has 6 heteroatoms. The van der Waals surface area contributed by atoms with E-state index in [1.165, 1.54) is 10.8 Å². The summed E-state index contributed by atoms with van der Waals surface area (Å²) in [7, 11) is 0. The molecule has 5 aromatic carbocycles. The van der Waals surface area contributed by atoms with E-state index in [1.807, 2.05) is 30.6 Å². The SMILES string of the molecule is S=P(c1ccc2cccnc2c1)(c1ccc2c3ccccc3n3c4ccccc4nc3c2c1)c1ccnc2ccccc12. The van der Waals surface area contributed by atoms with Gasteiger partial charge >= 0.3 is 0 Å². The molecule has 43 heavy (non-hydrogen) atoms. The fourth-order valence-electron chi connectivity index (χ4n) is 6.53. The van der Waals surface area contributed by atoms with E-state index in [2.05, 4.69) is 119 Å². The molecule has 4 nitrogen and oxygen atoms in total. The van der Waals surface area contributed by atoms with E-state index in [4.69, 9.17) is 21.8 Å². The number of nitrogens with zero attached hydrogens (tertiary/aromatic N) is 4. The quantitative estimate of drug-likeness (QED) is 0.158. The summed E-state index contributed by atoms with van der Waals surface area (Å²) in [4.78, 5) is 14.6. The minimum atomic E-state index is -2.59. The van der Waals surface area contributed by atoms with Crippen molar-refractivity contribution in [3.05, 3.63) is 140 Å². The van der Waals surface area contributed by atoms with E-state index in [9.17, 15) is 0 Å². The molecule has 0 aliphatic carbocycles. The Labute approximate surface area is 252 Å². The van der Waals surface area contributed by atoms with Crippen LogP contribution in [-0.2, 0) is 11.8 Å². The summed E-state index contributed by atoms with van der Waals surface area (Å²) in [5.74, 6) is 0. The van der Waals surface area contributed by atoms with Crippen LogP contribution in [0.1, 0.15) is 0 Å². The fourth-order valence-corrected chi connectivity index (χ4v) is 10.5. The van der Waals surface area contributed by atoms with Gasteiger partial charge in [0, 0.05) is 45.3 Å². The molecule has 4 aromatic heterocycles. The van der Waals surface area contributed by atoms with Gasteiger partial charge in [0.1, 0.15) is 5.65 Å². The van der Waals surface area contributed by atoms with Crippen molar-refractivity contribution in [2.24, 2.45) is 0 Å². The summed E-state index contributed by atoms with van der Waals surface area (Å²) in [6.07, 6.45) is 3.74. The Morgan fingerprint density at radius 1 is 0.512 bits per heavy atom. The molecule has 0 spiro atoms. The van der Waals surface area contributed by atoms with Gasteiger partial charge in [-0.1, -0.05) is 90.7 Å². The number of aromatic nitrogens is 4. The summed E-state index contributed by atoms with van der Waals surface area (Å²) in [6, 6.07) is 42.2. The highest BCUT2D eigenvalue weighted by atomic mass is 32.4. The zero-order chi connectivity index (χ0) is 28.5. The zero-order valence-electron chi connectivity index (χ0n) is 22.9. The van der Waals surface area contributed by atoms with Crippen molar-refractivity contribution in [1.29, 1.82) is 0 Å². The van der Waals surface area contributed by atoms with Crippen molar-refractivity contribution in [2.75, 3.05) is 0 Å². The van der Waals surface area contributed by atoms with E-state index in [-0.39, 0.29) is 0 Å². The second-order valence-electron chi connectivity index (χ2n) is 10.8. The molecule has 202 valence electrons. The van der Waals surface area contributed by atoms with Crippen molar-refractivity contribution < 1.29 is 0 Å². The molecule has 0 saturated heterocycles. The molecular weight excluding hydrogens is 563 g/mol. The van der Waals surface area contributed by atoms with Gasteiger partial charge in [0.25, 0.3) is 0 Å². The fraction of sp³-hybridized carbons (Fsp3) is 0. The van der Waals surface area contributed by atoms with E-state index in [1.54, 1.807) is 0 Å². The Balaban J connectivity index is 1.43. The van der Waals surface area contributed by atoms with Gasteiger partial charge in [-0.3, -0.25) is 14.4 Å². The van der Waals surface area contributed by atoms with Crippen LogP contribution in [0.25, 0.3) is 60.2 Å². The number of benzene rings is 5. The molecular formula is C37H23N4PS. The third-order valence-corrected chi connectivity index (χ3v) is 13.5. The topological polar surface area (TPSA) is 43.1 Å². The minimum absolute atomic E-state index is 0.943. The summed E-state index contributed by atoms with van der Waals surface area (Å²) < 4.78 is 2.29. The average Bonchev–Trinajstić information content (AvgIpc) is 3.47. The Bertz CT molecular complexity index is 2620. The number of imidazole rings is 1. The highest BCUT2D eigenvalue weighted by Gasteiger charge is 2.28. The number of fused-ring (bicyclic) bond motifs is 10. The third kappa shape index (κ3) is 3.56. The van der Waals surface area contributed by atoms with Gasteiger partial charge in [0.15, 0.2) is 0 Å². The average molecular weight is 587 g/mol. The summed E-state index contributed by atoms with van der Waals surface area (Å²) in [5, 5.41) is 9.00. The van der Waals surface area contributed by atoms with Crippen LogP contribution in [-0.4, -0.2) is 19.4 Å². The van der Waals surface area contributed by atoms with Crippen molar-refractivity contribution in [2.45, 2.75) is 0 Å². The Kier molecular flexibility index (Phi) is 5.31. The van der Waals surface area contributed by atoms with Crippen LogP contribution in [0.5, 0.6) is 0 Å². The molecule has 9 aromatic rings. The van der Waals surface area contributed by atoms with Gasteiger partial charge in [-0.15, -0.1) is 0 Å². The predicted molar refractivity (Wildman–Crippen MR) is 184 cm³/mol. The lowest BCUT2D eigenvalue weighted by molar-refractivity contribution is 1.32. The van der Waals surface area contributed by atoms with Crippen LogP contribution in [0.4, 0.5) is 0 Å². The van der Waals surface area contributed by atoms with Crippen LogP contribution in [0, 0.1) is 0 Å². The van der Waals surface area contributed by atoms with Gasteiger partial charge in [-0.25, -0.2) is 4.98 Å². The first-order valence-electron chi connectivity index (χ1n) is 14.2. The van der Waals surface area contributed by atoms with Crippen molar-refractivity contribution in [3.63, 3.8) is 0 Å². The van der Waals surface area contributed by atoms with E-state index < -0.39 is 6.04 Å². The summed E-state index contributed by atoms with van der Waals surface area (Å²) >= 11 is 6.97. The van der Waals surface area contributed by atoms with Crippen LogP contribution in [0.2, 0.25) is 0 Å². The molecule has 0 aliphatic heterocycles. The van der Waals surface area contributed by atoms with Crippen molar-refractivity contribution in [1.82, 2.24) is 19.4 Å². The monoisotopic (exact) mass is 586 g/mol.